The molecule has 1 aliphatic heterocycles. The molecular weight excluding hydrogens is 450 g/mol. The molecule has 0 spiro atoms. The van der Waals surface area contributed by atoms with Crippen LogP contribution in [0.3, 0.4) is 0 Å². The Bertz CT molecular complexity index is 1090. The highest BCUT2D eigenvalue weighted by Gasteiger charge is 2.63. The van der Waals surface area contributed by atoms with Crippen LogP contribution in [0.1, 0.15) is 58.8 Å². The number of anilines is 1. The van der Waals surface area contributed by atoms with Gasteiger partial charge in [-0.1, -0.05) is 25.5 Å². The first-order valence-corrected chi connectivity index (χ1v) is 14.0. The van der Waals surface area contributed by atoms with Gasteiger partial charge in [-0.2, -0.15) is 0 Å². The second kappa shape index (κ2) is 8.90. The van der Waals surface area contributed by atoms with Gasteiger partial charge >= 0.3 is 0 Å². The number of rotatable bonds is 4. The largest absolute Gasteiger partial charge is 0.354 e. The van der Waals surface area contributed by atoms with Gasteiger partial charge in [-0.15, -0.1) is 0 Å². The number of pyridine rings is 1. The van der Waals surface area contributed by atoms with E-state index >= 15 is 0 Å². The highest BCUT2D eigenvalue weighted by molar-refractivity contribution is 5.93. The van der Waals surface area contributed by atoms with E-state index in [0.29, 0.717) is 42.8 Å². The minimum Gasteiger partial charge on any atom is -0.354 e. The van der Waals surface area contributed by atoms with Crippen molar-refractivity contribution in [3.05, 3.63) is 36.0 Å². The molecule has 6 nitrogen and oxygen atoms in total. The molecule has 6 heteroatoms. The average molecular weight is 490 g/mol. The number of aromatic nitrogens is 1. The molecule has 0 radical (unpaired) electrons. The molecule has 6 atom stereocenters. The average Bonchev–Trinajstić information content (AvgIpc) is 3.22. The van der Waals surface area contributed by atoms with Crippen LogP contribution in [-0.2, 0) is 14.4 Å². The number of piperazine rings is 1. The summed E-state index contributed by atoms with van der Waals surface area (Å²) in [6.45, 7) is 8.49. The van der Waals surface area contributed by atoms with E-state index in [-0.39, 0.29) is 28.4 Å². The lowest BCUT2D eigenvalue weighted by Gasteiger charge is -2.56. The second-order valence-electron chi connectivity index (χ2n) is 12.5. The molecule has 2 heterocycles. The van der Waals surface area contributed by atoms with Crippen LogP contribution < -0.4 is 4.90 Å². The third kappa shape index (κ3) is 3.79. The van der Waals surface area contributed by atoms with Crippen molar-refractivity contribution in [2.45, 2.75) is 58.8 Å². The number of ketones is 3. The first-order chi connectivity index (χ1) is 17.3. The molecule has 1 aromatic heterocycles. The monoisotopic (exact) mass is 489 g/mol. The van der Waals surface area contributed by atoms with E-state index in [1.54, 1.807) is 0 Å². The second-order valence-corrected chi connectivity index (χ2v) is 12.5. The summed E-state index contributed by atoms with van der Waals surface area (Å²) in [6, 6.07) is 6.00. The molecule has 1 aromatic rings. The first-order valence-electron chi connectivity index (χ1n) is 14.0. The summed E-state index contributed by atoms with van der Waals surface area (Å²) in [5, 5.41) is 0. The van der Waals surface area contributed by atoms with Gasteiger partial charge in [-0.3, -0.25) is 19.3 Å². The summed E-state index contributed by atoms with van der Waals surface area (Å²) in [7, 11) is 0. The van der Waals surface area contributed by atoms with Crippen LogP contribution in [0, 0.1) is 34.5 Å². The Morgan fingerprint density at radius 3 is 2.61 bits per heavy atom. The van der Waals surface area contributed by atoms with Crippen molar-refractivity contribution in [1.29, 1.82) is 0 Å². The molecular formula is C30H39N3O3. The number of nitrogens with zero attached hydrogens (tertiary/aromatic N) is 3. The number of fused-ring (bicyclic) bond motifs is 5. The normalized spacial score (nSPS) is 38.7. The van der Waals surface area contributed by atoms with E-state index < -0.39 is 0 Å². The third-order valence-electron chi connectivity index (χ3n) is 10.8. The molecule has 0 unspecified atom stereocenters. The fourth-order valence-electron chi connectivity index (χ4n) is 8.92. The Balaban J connectivity index is 1.14. The van der Waals surface area contributed by atoms with Gasteiger partial charge in [0.25, 0.3) is 0 Å². The maximum Gasteiger partial charge on any atom is 0.155 e. The Morgan fingerprint density at radius 1 is 1.06 bits per heavy atom. The Kier molecular flexibility index (Phi) is 5.94. The van der Waals surface area contributed by atoms with Crippen molar-refractivity contribution in [1.82, 2.24) is 9.88 Å². The quantitative estimate of drug-likeness (QED) is 0.634. The Labute approximate surface area is 214 Å². The van der Waals surface area contributed by atoms with Gasteiger partial charge in [-0.25, -0.2) is 4.98 Å². The van der Waals surface area contributed by atoms with Crippen molar-refractivity contribution in [3.8, 4) is 0 Å². The summed E-state index contributed by atoms with van der Waals surface area (Å²) in [6.07, 6.45) is 9.48. The minimum atomic E-state index is -0.215. The number of hydrogen-bond acceptors (Lipinski definition) is 6. The summed E-state index contributed by atoms with van der Waals surface area (Å²) in [5.74, 6) is 2.72. The molecule has 0 aromatic carbocycles. The standard InChI is InChI=1S/C30H39N3O3/c1-29-11-10-21(34)17-20(29)6-7-22-23-8-9-24(30(23,2)18-25(35)28(22)29)26(36)19-32-13-15-33(16-14-32)27-5-3-4-12-31-27/h3-5,12,17,22-24,28H,6-11,13-16,18-19H2,1-2H3/t22-,23-,24+,28+,29-,30-/m0/s1. The van der Waals surface area contributed by atoms with E-state index in [2.05, 4.69) is 28.6 Å². The van der Waals surface area contributed by atoms with Crippen molar-refractivity contribution in [3.63, 3.8) is 0 Å². The predicted octanol–water partition coefficient (Wildman–Crippen LogP) is 4.10. The van der Waals surface area contributed by atoms with Crippen molar-refractivity contribution >= 4 is 23.2 Å². The Morgan fingerprint density at radius 2 is 1.86 bits per heavy atom. The highest BCUT2D eigenvalue weighted by atomic mass is 16.1. The lowest BCUT2D eigenvalue weighted by Crippen LogP contribution is -2.56. The smallest absolute Gasteiger partial charge is 0.155 e. The summed E-state index contributed by atoms with van der Waals surface area (Å²) < 4.78 is 0. The highest BCUT2D eigenvalue weighted by Crippen LogP contribution is 2.65. The van der Waals surface area contributed by atoms with Gasteiger partial charge in [0.1, 0.15) is 17.4 Å². The molecule has 0 amide bonds. The van der Waals surface area contributed by atoms with Crippen LogP contribution in [0.5, 0.6) is 0 Å². The molecule has 36 heavy (non-hydrogen) atoms. The molecule has 3 saturated carbocycles. The number of carbonyl (C=O) groups excluding carboxylic acids is 3. The van der Waals surface area contributed by atoms with Crippen molar-refractivity contribution in [2.75, 3.05) is 37.6 Å². The van der Waals surface area contributed by atoms with Gasteiger partial charge in [0.15, 0.2) is 5.78 Å². The first kappa shape index (κ1) is 24.0. The fourth-order valence-corrected chi connectivity index (χ4v) is 8.92. The van der Waals surface area contributed by atoms with Gasteiger partial charge in [0.05, 0.1) is 6.54 Å². The summed E-state index contributed by atoms with van der Waals surface area (Å²) >= 11 is 0. The topological polar surface area (TPSA) is 70.6 Å². The van der Waals surface area contributed by atoms with Gasteiger partial charge < -0.3 is 4.90 Å². The molecule has 192 valence electrons. The van der Waals surface area contributed by atoms with E-state index in [1.165, 1.54) is 5.57 Å². The molecule has 4 aliphatic carbocycles. The zero-order valence-corrected chi connectivity index (χ0v) is 21.7. The fraction of sp³-hybridized carbons (Fsp3) is 0.667. The van der Waals surface area contributed by atoms with Crippen LogP contribution in [0.15, 0.2) is 36.0 Å². The van der Waals surface area contributed by atoms with E-state index in [0.717, 1.165) is 64.1 Å². The summed E-state index contributed by atoms with van der Waals surface area (Å²) in [5.41, 5.74) is 0.838. The molecule has 0 bridgehead atoms. The maximum absolute atomic E-state index is 13.8. The summed E-state index contributed by atoms with van der Waals surface area (Å²) in [4.78, 5) is 48.6. The lowest BCUT2D eigenvalue weighted by molar-refractivity contribution is -0.148. The molecule has 6 rings (SSSR count). The van der Waals surface area contributed by atoms with Crippen LogP contribution in [0.4, 0.5) is 5.82 Å². The van der Waals surface area contributed by atoms with Crippen molar-refractivity contribution in [2.24, 2.45) is 34.5 Å². The third-order valence-corrected chi connectivity index (χ3v) is 10.8. The minimum absolute atomic E-state index is 0.0149. The van der Waals surface area contributed by atoms with Crippen LogP contribution in [0.2, 0.25) is 0 Å². The predicted molar refractivity (Wildman–Crippen MR) is 138 cm³/mol. The number of allylic oxidation sites excluding steroid dienone is 1. The van der Waals surface area contributed by atoms with E-state index in [4.69, 9.17) is 0 Å². The van der Waals surface area contributed by atoms with Crippen LogP contribution >= 0.6 is 0 Å². The van der Waals surface area contributed by atoms with Crippen molar-refractivity contribution < 1.29 is 14.4 Å². The molecule has 1 saturated heterocycles. The lowest BCUT2D eigenvalue weighted by atomic mass is 9.46. The molecule has 5 aliphatic rings. The van der Waals surface area contributed by atoms with Gasteiger partial charge in [-0.05, 0) is 73.0 Å². The number of Topliss-reactive ketones (excluding diaryl/α,β-unsaturated/α-hetero) is 2. The zero-order chi connectivity index (χ0) is 25.1. The van der Waals surface area contributed by atoms with Gasteiger partial charge in [0, 0.05) is 57.1 Å². The number of carbonyl (C=O) groups is 3. The zero-order valence-electron chi connectivity index (χ0n) is 21.7. The Hall–Kier alpha value is -2.34. The van der Waals surface area contributed by atoms with Crippen LogP contribution in [-0.4, -0.2) is 60.0 Å². The number of hydrogen-bond donors (Lipinski definition) is 0. The van der Waals surface area contributed by atoms with Crippen LogP contribution in [0.25, 0.3) is 0 Å². The van der Waals surface area contributed by atoms with Gasteiger partial charge in [0.2, 0.25) is 0 Å². The molecule has 0 N–H and O–H groups in total. The van der Waals surface area contributed by atoms with E-state index in [1.807, 2.05) is 30.5 Å². The van der Waals surface area contributed by atoms with E-state index in [9.17, 15) is 14.4 Å². The SMILES string of the molecule is C[C@]12CC(=O)[C@H]3[C@@H](CCC4=CC(=O)CC[C@@]43C)[C@@H]1CC[C@@H]2C(=O)CN1CCN(c2ccccn2)CC1. The molecule has 4 fully saturated rings. The maximum atomic E-state index is 13.8.